The van der Waals surface area contributed by atoms with Crippen LogP contribution in [-0.2, 0) is 27.2 Å². The number of benzene rings is 3. The summed E-state index contributed by atoms with van der Waals surface area (Å²) in [6.45, 7) is 0. The van der Waals surface area contributed by atoms with E-state index in [1.54, 1.807) is 24.3 Å². The van der Waals surface area contributed by atoms with E-state index in [0.717, 1.165) is 31.4 Å². The number of ether oxygens (including phenoxy) is 1. The monoisotopic (exact) mass is 510 g/mol. The van der Waals surface area contributed by atoms with Gasteiger partial charge in [-0.25, -0.2) is 4.79 Å². The first kappa shape index (κ1) is 25.3. The van der Waals surface area contributed by atoms with Crippen LogP contribution in [0.3, 0.4) is 0 Å². The Morgan fingerprint density at radius 3 is 2.16 bits per heavy atom. The lowest BCUT2D eigenvalue weighted by Gasteiger charge is -2.26. The summed E-state index contributed by atoms with van der Waals surface area (Å²) in [7, 11) is 5.16. The third-order valence-corrected chi connectivity index (χ3v) is 7.36. The summed E-state index contributed by atoms with van der Waals surface area (Å²) >= 11 is 0. The van der Waals surface area contributed by atoms with Crippen LogP contribution in [0.15, 0.2) is 72.3 Å². The summed E-state index contributed by atoms with van der Waals surface area (Å²) in [5.74, 6) is -2.18. The number of carbonyl (C=O) groups is 3. The summed E-state index contributed by atoms with van der Waals surface area (Å²) in [4.78, 5) is 42.2. The molecule has 5 rings (SSSR count). The molecule has 3 aromatic carbocycles. The molecule has 1 atom stereocenters. The van der Waals surface area contributed by atoms with E-state index < -0.39 is 23.7 Å². The zero-order chi connectivity index (χ0) is 27.0. The standard InChI is InChI=1S/C31H30N2O5/c1-32(2)24-14-10-20(11-15-24)27-26(28(34)23-9-8-19-6-4-5-7-22(19)18-23)29(35)30(36)33(27)25-16-12-21(13-17-25)31(37)38-3/h8-18,27,34H,4-7H2,1-3H3/b28-26-. The Labute approximate surface area is 222 Å². The third-order valence-electron chi connectivity index (χ3n) is 7.36. The van der Waals surface area contributed by atoms with Crippen molar-refractivity contribution in [3.63, 3.8) is 0 Å². The normalized spacial score (nSPS) is 18.3. The number of hydrogen-bond donors (Lipinski definition) is 1. The summed E-state index contributed by atoms with van der Waals surface area (Å²) < 4.78 is 4.78. The number of fused-ring (bicyclic) bond motifs is 1. The van der Waals surface area contributed by atoms with Gasteiger partial charge in [-0.3, -0.25) is 14.5 Å². The van der Waals surface area contributed by atoms with Gasteiger partial charge in [-0.15, -0.1) is 0 Å². The summed E-state index contributed by atoms with van der Waals surface area (Å²) in [6, 6.07) is 18.8. The quantitative estimate of drug-likeness (QED) is 0.224. The van der Waals surface area contributed by atoms with Crippen molar-refractivity contribution in [2.24, 2.45) is 0 Å². The number of amides is 1. The third kappa shape index (κ3) is 4.45. The Bertz CT molecular complexity index is 1440. The van der Waals surface area contributed by atoms with Crippen molar-refractivity contribution in [2.75, 3.05) is 31.0 Å². The lowest BCUT2D eigenvalue weighted by Crippen LogP contribution is -2.29. The van der Waals surface area contributed by atoms with Crippen LogP contribution in [0.25, 0.3) is 5.76 Å². The predicted molar refractivity (Wildman–Crippen MR) is 146 cm³/mol. The second-order valence-electron chi connectivity index (χ2n) is 9.88. The van der Waals surface area contributed by atoms with E-state index in [2.05, 4.69) is 0 Å². The molecular formula is C31H30N2O5. The van der Waals surface area contributed by atoms with E-state index in [0.29, 0.717) is 22.4 Å². The molecule has 2 aliphatic rings. The molecule has 1 N–H and O–H groups in total. The lowest BCUT2D eigenvalue weighted by atomic mass is 9.88. The fourth-order valence-electron chi connectivity index (χ4n) is 5.28. The van der Waals surface area contributed by atoms with E-state index >= 15 is 0 Å². The molecule has 7 nitrogen and oxygen atoms in total. The second-order valence-corrected chi connectivity index (χ2v) is 9.88. The van der Waals surface area contributed by atoms with E-state index in [1.165, 1.54) is 23.1 Å². The number of aliphatic hydroxyl groups is 1. The zero-order valence-corrected chi connectivity index (χ0v) is 21.7. The fraction of sp³-hybridized carbons (Fsp3) is 0.258. The van der Waals surface area contributed by atoms with Gasteiger partial charge in [0.1, 0.15) is 5.76 Å². The number of carbonyl (C=O) groups excluding carboxylic acids is 3. The van der Waals surface area contributed by atoms with Crippen LogP contribution in [-0.4, -0.2) is 44.0 Å². The maximum absolute atomic E-state index is 13.5. The van der Waals surface area contributed by atoms with Gasteiger partial charge in [0.25, 0.3) is 11.7 Å². The molecule has 194 valence electrons. The molecule has 1 aliphatic heterocycles. The Balaban J connectivity index is 1.65. The van der Waals surface area contributed by atoms with E-state index in [1.807, 2.05) is 61.5 Å². The minimum Gasteiger partial charge on any atom is -0.507 e. The molecule has 1 heterocycles. The maximum Gasteiger partial charge on any atom is 0.337 e. The number of esters is 1. The molecule has 0 radical (unpaired) electrons. The smallest absolute Gasteiger partial charge is 0.337 e. The Kier molecular flexibility index (Phi) is 6.76. The van der Waals surface area contributed by atoms with Crippen molar-refractivity contribution in [2.45, 2.75) is 31.7 Å². The number of methoxy groups -OCH3 is 1. The van der Waals surface area contributed by atoms with Crippen LogP contribution in [0.1, 0.15) is 51.5 Å². The number of aryl methyl sites for hydroxylation is 2. The van der Waals surface area contributed by atoms with Crippen LogP contribution >= 0.6 is 0 Å². The van der Waals surface area contributed by atoms with Gasteiger partial charge >= 0.3 is 5.97 Å². The minimum absolute atomic E-state index is 0.0420. The summed E-state index contributed by atoms with van der Waals surface area (Å²) in [5.41, 5.74) is 5.41. The summed E-state index contributed by atoms with van der Waals surface area (Å²) in [5, 5.41) is 11.5. The van der Waals surface area contributed by atoms with Gasteiger partial charge in [-0.05, 0) is 84.8 Å². The highest BCUT2D eigenvalue weighted by molar-refractivity contribution is 6.51. The molecular weight excluding hydrogens is 480 g/mol. The van der Waals surface area contributed by atoms with Gasteiger partial charge in [0.15, 0.2) is 0 Å². The van der Waals surface area contributed by atoms with Gasteiger partial charge in [0.2, 0.25) is 0 Å². The molecule has 1 saturated heterocycles. The van der Waals surface area contributed by atoms with Crippen LogP contribution in [0.2, 0.25) is 0 Å². The van der Waals surface area contributed by atoms with Crippen molar-refractivity contribution in [1.29, 1.82) is 0 Å². The Morgan fingerprint density at radius 1 is 0.895 bits per heavy atom. The fourth-order valence-corrected chi connectivity index (χ4v) is 5.28. The average Bonchev–Trinajstić information content (AvgIpc) is 3.21. The zero-order valence-electron chi connectivity index (χ0n) is 21.7. The Morgan fingerprint density at radius 2 is 1.53 bits per heavy atom. The Hall–Kier alpha value is -4.39. The molecule has 0 aromatic heterocycles. The first-order valence-electron chi connectivity index (χ1n) is 12.7. The molecule has 1 amide bonds. The molecule has 0 saturated carbocycles. The highest BCUT2D eigenvalue weighted by Crippen LogP contribution is 2.43. The number of Topliss-reactive ketones (excluding diaryl/α,β-unsaturated/α-hetero) is 1. The van der Waals surface area contributed by atoms with Crippen molar-refractivity contribution < 1.29 is 24.2 Å². The van der Waals surface area contributed by atoms with Crippen LogP contribution in [0.5, 0.6) is 0 Å². The molecule has 3 aromatic rings. The van der Waals surface area contributed by atoms with Gasteiger partial charge in [-0.2, -0.15) is 0 Å². The number of ketones is 1. The highest BCUT2D eigenvalue weighted by atomic mass is 16.5. The van der Waals surface area contributed by atoms with E-state index in [4.69, 9.17) is 4.74 Å². The SMILES string of the molecule is COC(=O)c1ccc(N2C(=O)C(=O)/C(=C(\O)c3ccc4c(c3)CCCC4)C2c2ccc(N(C)C)cc2)cc1. The largest absolute Gasteiger partial charge is 0.507 e. The van der Waals surface area contributed by atoms with Crippen molar-refractivity contribution in [3.8, 4) is 0 Å². The first-order valence-corrected chi connectivity index (χ1v) is 12.7. The van der Waals surface area contributed by atoms with Crippen molar-refractivity contribution in [1.82, 2.24) is 0 Å². The number of aliphatic hydroxyl groups excluding tert-OH is 1. The molecule has 1 fully saturated rings. The number of rotatable bonds is 5. The molecule has 7 heteroatoms. The molecule has 1 aliphatic carbocycles. The topological polar surface area (TPSA) is 87.1 Å². The molecule has 0 bridgehead atoms. The van der Waals surface area contributed by atoms with Crippen LogP contribution in [0.4, 0.5) is 11.4 Å². The van der Waals surface area contributed by atoms with E-state index in [9.17, 15) is 19.5 Å². The van der Waals surface area contributed by atoms with Crippen molar-refractivity contribution in [3.05, 3.63) is 100 Å². The number of anilines is 2. The number of nitrogens with zero attached hydrogens (tertiary/aromatic N) is 2. The highest BCUT2D eigenvalue weighted by Gasteiger charge is 2.47. The minimum atomic E-state index is -0.841. The molecule has 0 spiro atoms. The lowest BCUT2D eigenvalue weighted by molar-refractivity contribution is -0.132. The van der Waals surface area contributed by atoms with Gasteiger partial charge in [-0.1, -0.05) is 24.3 Å². The van der Waals surface area contributed by atoms with E-state index in [-0.39, 0.29) is 11.3 Å². The van der Waals surface area contributed by atoms with Crippen LogP contribution in [0, 0.1) is 0 Å². The average molecular weight is 511 g/mol. The predicted octanol–water partition coefficient (Wildman–Crippen LogP) is 5.04. The maximum atomic E-state index is 13.5. The number of hydrogen-bond acceptors (Lipinski definition) is 6. The first-order chi connectivity index (χ1) is 18.3. The second kappa shape index (κ2) is 10.2. The van der Waals surface area contributed by atoms with Crippen LogP contribution < -0.4 is 9.80 Å². The molecule has 1 unspecified atom stereocenters. The van der Waals surface area contributed by atoms with Gasteiger partial charge in [0, 0.05) is 31.0 Å². The molecule has 38 heavy (non-hydrogen) atoms. The summed E-state index contributed by atoms with van der Waals surface area (Å²) in [6.07, 6.45) is 4.15. The van der Waals surface area contributed by atoms with Gasteiger partial charge < -0.3 is 14.7 Å². The van der Waals surface area contributed by atoms with Gasteiger partial charge in [0.05, 0.1) is 24.3 Å². The van der Waals surface area contributed by atoms with Crippen molar-refractivity contribution >= 4 is 34.8 Å².